The Hall–Kier alpha value is -3.29. The van der Waals surface area contributed by atoms with Crippen LogP contribution >= 0.6 is 11.6 Å². The van der Waals surface area contributed by atoms with Gasteiger partial charge in [-0.05, 0) is 53.6 Å². The molecule has 4 rings (SSSR count). The van der Waals surface area contributed by atoms with Gasteiger partial charge >= 0.3 is 0 Å². The highest BCUT2D eigenvalue weighted by atomic mass is 35.5. The van der Waals surface area contributed by atoms with Crippen molar-refractivity contribution in [3.8, 4) is 27.9 Å². The summed E-state index contributed by atoms with van der Waals surface area (Å²) in [6.07, 6.45) is 2.63. The van der Waals surface area contributed by atoms with Crippen LogP contribution in [0, 0.1) is 5.82 Å². The molecular formula is C23H16ClFN2O3S. The van der Waals surface area contributed by atoms with E-state index in [1.165, 1.54) is 36.5 Å². The highest BCUT2D eigenvalue weighted by molar-refractivity contribution is 7.90. The van der Waals surface area contributed by atoms with E-state index in [1.807, 2.05) is 0 Å². The van der Waals surface area contributed by atoms with E-state index in [1.54, 1.807) is 42.5 Å². The summed E-state index contributed by atoms with van der Waals surface area (Å²) in [5, 5.41) is 4.75. The summed E-state index contributed by atoms with van der Waals surface area (Å²) in [4.78, 5) is 13.6. The second-order valence-corrected chi connectivity index (χ2v) is 9.39. The molecule has 3 aromatic carbocycles. The van der Waals surface area contributed by atoms with Crippen LogP contribution in [0.15, 0.2) is 88.7 Å². The summed E-state index contributed by atoms with van der Waals surface area (Å²) in [5.41, 5.74) is 1.91. The fourth-order valence-corrected chi connectivity index (χ4v) is 4.00. The van der Waals surface area contributed by atoms with Crippen LogP contribution in [0.2, 0.25) is 5.02 Å². The van der Waals surface area contributed by atoms with Crippen molar-refractivity contribution in [1.82, 2.24) is 9.78 Å². The number of sulfone groups is 1. The monoisotopic (exact) mass is 454 g/mol. The molecule has 4 aromatic rings. The molecule has 5 nitrogen and oxygen atoms in total. The van der Waals surface area contributed by atoms with Gasteiger partial charge in [0, 0.05) is 16.8 Å². The number of hydrogen-bond donors (Lipinski definition) is 0. The minimum Gasteiger partial charge on any atom is -0.267 e. The third kappa shape index (κ3) is 4.28. The van der Waals surface area contributed by atoms with Crippen molar-refractivity contribution >= 4 is 21.4 Å². The molecule has 0 bridgehead atoms. The van der Waals surface area contributed by atoms with Gasteiger partial charge in [0.05, 0.1) is 22.3 Å². The summed E-state index contributed by atoms with van der Waals surface area (Å²) >= 11 is 6.01. The second-order valence-electron chi connectivity index (χ2n) is 6.93. The first-order valence-electron chi connectivity index (χ1n) is 9.19. The molecule has 0 N–H and O–H groups in total. The molecule has 0 saturated heterocycles. The van der Waals surface area contributed by atoms with Crippen molar-refractivity contribution in [3.05, 3.63) is 100 Å². The van der Waals surface area contributed by atoms with Gasteiger partial charge in [-0.15, -0.1) is 0 Å². The SMILES string of the molecule is CS(=O)(=O)c1ccc(-c2cnn(-c3cccc(F)c3)c(=O)c2-c2ccc(Cl)cc2)cc1. The fraction of sp³-hybridized carbons (Fsp3) is 0.0435. The van der Waals surface area contributed by atoms with Crippen molar-refractivity contribution < 1.29 is 12.8 Å². The van der Waals surface area contributed by atoms with Crippen molar-refractivity contribution in [1.29, 1.82) is 0 Å². The van der Waals surface area contributed by atoms with Crippen LogP contribution in [0.1, 0.15) is 0 Å². The van der Waals surface area contributed by atoms with Gasteiger partial charge in [0.1, 0.15) is 5.82 Å². The van der Waals surface area contributed by atoms with E-state index in [2.05, 4.69) is 5.10 Å². The van der Waals surface area contributed by atoms with Crippen LogP contribution in [0.3, 0.4) is 0 Å². The van der Waals surface area contributed by atoms with Gasteiger partial charge in [0.15, 0.2) is 9.84 Å². The van der Waals surface area contributed by atoms with Gasteiger partial charge in [-0.2, -0.15) is 9.78 Å². The average Bonchev–Trinajstić information content (AvgIpc) is 2.74. The number of aromatic nitrogens is 2. The second kappa shape index (κ2) is 8.09. The lowest BCUT2D eigenvalue weighted by molar-refractivity contribution is 0.602. The Morgan fingerprint density at radius 1 is 0.935 bits per heavy atom. The van der Waals surface area contributed by atoms with E-state index in [4.69, 9.17) is 11.6 Å². The maximum Gasteiger partial charge on any atom is 0.280 e. The number of halogens is 2. The van der Waals surface area contributed by atoms with Crippen LogP contribution < -0.4 is 5.56 Å². The Balaban J connectivity index is 1.96. The standard InChI is InChI=1S/C23H16ClFN2O3S/c1-31(29,30)20-11-7-15(8-12-20)21-14-26-27(19-4-2-3-18(25)13-19)23(28)22(21)16-5-9-17(24)10-6-16/h2-14H,1H3. The van der Waals surface area contributed by atoms with Gasteiger partial charge < -0.3 is 0 Å². The molecule has 0 aliphatic carbocycles. The molecule has 0 fully saturated rings. The molecular weight excluding hydrogens is 439 g/mol. The number of nitrogens with zero attached hydrogens (tertiary/aromatic N) is 2. The van der Waals surface area contributed by atoms with Gasteiger partial charge in [-0.25, -0.2) is 12.8 Å². The molecule has 0 unspecified atom stereocenters. The van der Waals surface area contributed by atoms with E-state index < -0.39 is 21.2 Å². The minimum atomic E-state index is -3.36. The Kier molecular flexibility index (Phi) is 5.47. The maximum atomic E-state index is 13.7. The largest absolute Gasteiger partial charge is 0.280 e. The van der Waals surface area contributed by atoms with Gasteiger partial charge in [0.2, 0.25) is 0 Å². The molecule has 1 heterocycles. The number of benzene rings is 3. The minimum absolute atomic E-state index is 0.172. The summed E-state index contributed by atoms with van der Waals surface area (Å²) in [7, 11) is -3.36. The third-order valence-electron chi connectivity index (χ3n) is 4.76. The first kappa shape index (κ1) is 21.0. The molecule has 156 valence electrons. The third-order valence-corrected chi connectivity index (χ3v) is 6.14. The molecule has 0 saturated carbocycles. The summed E-state index contributed by atoms with van der Waals surface area (Å²) in [6.45, 7) is 0. The normalized spacial score (nSPS) is 11.5. The molecule has 0 radical (unpaired) electrons. The summed E-state index contributed by atoms with van der Waals surface area (Å²) in [6, 6.07) is 18.6. The zero-order chi connectivity index (χ0) is 22.2. The van der Waals surface area contributed by atoms with Gasteiger partial charge in [0.25, 0.3) is 5.56 Å². The smallest absolute Gasteiger partial charge is 0.267 e. The van der Waals surface area contributed by atoms with Crippen molar-refractivity contribution in [2.75, 3.05) is 6.26 Å². The summed E-state index contributed by atoms with van der Waals surface area (Å²) < 4.78 is 38.4. The molecule has 0 aliphatic heterocycles. The molecule has 0 atom stereocenters. The van der Waals surface area contributed by atoms with Gasteiger partial charge in [-0.3, -0.25) is 4.79 Å². The Bertz CT molecular complexity index is 1430. The lowest BCUT2D eigenvalue weighted by Crippen LogP contribution is -2.23. The molecule has 0 amide bonds. The van der Waals surface area contributed by atoms with E-state index in [0.29, 0.717) is 33.0 Å². The molecule has 8 heteroatoms. The van der Waals surface area contributed by atoms with E-state index in [-0.39, 0.29) is 4.90 Å². The van der Waals surface area contributed by atoms with Crippen LogP contribution in [0.4, 0.5) is 4.39 Å². The predicted molar refractivity (Wildman–Crippen MR) is 119 cm³/mol. The summed E-state index contributed by atoms with van der Waals surface area (Å²) in [5.74, 6) is -0.486. The average molecular weight is 455 g/mol. The molecule has 31 heavy (non-hydrogen) atoms. The van der Waals surface area contributed by atoms with E-state index in [9.17, 15) is 17.6 Å². The molecule has 0 spiro atoms. The highest BCUT2D eigenvalue weighted by Gasteiger charge is 2.17. The van der Waals surface area contributed by atoms with Crippen LogP contribution in [0.5, 0.6) is 0 Å². The van der Waals surface area contributed by atoms with Crippen LogP contribution in [-0.4, -0.2) is 24.5 Å². The number of rotatable bonds is 4. The zero-order valence-corrected chi connectivity index (χ0v) is 17.9. The molecule has 1 aromatic heterocycles. The topological polar surface area (TPSA) is 69.0 Å². The zero-order valence-electron chi connectivity index (χ0n) is 16.3. The lowest BCUT2D eigenvalue weighted by Gasteiger charge is -2.13. The quantitative estimate of drug-likeness (QED) is 0.445. The Morgan fingerprint density at radius 2 is 1.58 bits per heavy atom. The Morgan fingerprint density at radius 3 is 2.19 bits per heavy atom. The highest BCUT2D eigenvalue weighted by Crippen LogP contribution is 2.30. The van der Waals surface area contributed by atoms with Gasteiger partial charge in [-0.1, -0.05) is 41.9 Å². The number of hydrogen-bond acceptors (Lipinski definition) is 4. The maximum absolute atomic E-state index is 13.7. The fourth-order valence-electron chi connectivity index (χ4n) is 3.24. The first-order chi connectivity index (χ1) is 14.7. The predicted octanol–water partition coefficient (Wildman–Crippen LogP) is 4.76. The van der Waals surface area contributed by atoms with Crippen molar-refractivity contribution in [2.45, 2.75) is 4.90 Å². The van der Waals surface area contributed by atoms with Crippen LogP contribution in [0.25, 0.3) is 27.9 Å². The van der Waals surface area contributed by atoms with E-state index >= 15 is 0 Å². The molecule has 0 aliphatic rings. The van der Waals surface area contributed by atoms with Crippen molar-refractivity contribution in [3.63, 3.8) is 0 Å². The Labute approximate surface area is 183 Å². The van der Waals surface area contributed by atoms with E-state index in [0.717, 1.165) is 10.9 Å². The lowest BCUT2D eigenvalue weighted by atomic mass is 9.97. The van der Waals surface area contributed by atoms with Crippen LogP contribution in [-0.2, 0) is 9.84 Å². The van der Waals surface area contributed by atoms with Crippen molar-refractivity contribution in [2.24, 2.45) is 0 Å². The first-order valence-corrected chi connectivity index (χ1v) is 11.5.